The molecule has 8 nitrogen and oxygen atoms in total. The van der Waals surface area contributed by atoms with E-state index in [1.54, 1.807) is 10.8 Å². The third kappa shape index (κ3) is 5.63. The first-order valence-electron chi connectivity index (χ1n) is 12.8. The maximum absolute atomic E-state index is 13.6. The molecule has 0 unspecified atom stereocenters. The molecule has 1 fully saturated rings. The Balaban J connectivity index is 1.28. The Morgan fingerprint density at radius 2 is 1.70 bits per heavy atom. The number of aromatic nitrogens is 3. The molecular weight excluding hydrogens is 464 g/mol. The number of fused-ring (bicyclic) bond motifs is 1. The second kappa shape index (κ2) is 10.8. The van der Waals surface area contributed by atoms with Gasteiger partial charge in [0, 0.05) is 31.0 Å². The van der Waals surface area contributed by atoms with Gasteiger partial charge in [-0.1, -0.05) is 48.9 Å². The van der Waals surface area contributed by atoms with Crippen LogP contribution >= 0.6 is 0 Å². The molecule has 1 aliphatic rings. The van der Waals surface area contributed by atoms with Gasteiger partial charge in [0.1, 0.15) is 5.52 Å². The molecule has 0 atom stereocenters. The Labute approximate surface area is 216 Å². The fourth-order valence-electron chi connectivity index (χ4n) is 4.70. The van der Waals surface area contributed by atoms with Gasteiger partial charge in [0.25, 0.3) is 5.56 Å². The molecule has 0 saturated carbocycles. The molecule has 0 bridgehead atoms. The summed E-state index contributed by atoms with van der Waals surface area (Å²) >= 11 is 0. The van der Waals surface area contributed by atoms with Crippen molar-refractivity contribution in [3.05, 3.63) is 93.9 Å². The van der Waals surface area contributed by atoms with E-state index in [0.29, 0.717) is 36.6 Å². The van der Waals surface area contributed by atoms with Gasteiger partial charge in [-0.3, -0.25) is 9.36 Å². The van der Waals surface area contributed by atoms with Crippen LogP contribution in [0, 0.1) is 6.92 Å². The summed E-state index contributed by atoms with van der Waals surface area (Å²) < 4.78 is 1.71. The number of nitrogens with one attached hydrogen (secondary N) is 2. The number of anilines is 2. The zero-order valence-electron chi connectivity index (χ0n) is 21.3. The minimum absolute atomic E-state index is 0.0306. The van der Waals surface area contributed by atoms with Crippen LogP contribution in [0.25, 0.3) is 11.2 Å². The molecule has 1 saturated heterocycles. The number of amides is 2. The molecule has 2 aromatic carbocycles. The minimum Gasteiger partial charge on any atom is -0.352 e. The van der Waals surface area contributed by atoms with Crippen LogP contribution < -0.4 is 21.1 Å². The van der Waals surface area contributed by atoms with E-state index in [1.165, 1.54) is 11.1 Å². The molecular formula is C29H32N6O2. The highest BCUT2D eigenvalue weighted by Gasteiger charge is 2.25. The van der Waals surface area contributed by atoms with Gasteiger partial charge >= 0.3 is 6.03 Å². The summed E-state index contributed by atoms with van der Waals surface area (Å²) in [6.45, 7) is 5.84. The van der Waals surface area contributed by atoms with E-state index in [4.69, 9.17) is 4.98 Å². The monoisotopic (exact) mass is 496 g/mol. The summed E-state index contributed by atoms with van der Waals surface area (Å²) in [6.07, 6.45) is 4.11. The summed E-state index contributed by atoms with van der Waals surface area (Å²) in [5.41, 5.74) is 5.34. The summed E-state index contributed by atoms with van der Waals surface area (Å²) in [6, 6.07) is 19.6. The Morgan fingerprint density at radius 3 is 2.41 bits per heavy atom. The zero-order valence-corrected chi connectivity index (χ0v) is 21.3. The number of carbonyl (C=O) groups is 1. The highest BCUT2D eigenvalue weighted by atomic mass is 16.2. The molecule has 2 amide bonds. The second-order valence-corrected chi connectivity index (χ2v) is 9.57. The largest absolute Gasteiger partial charge is 0.352 e. The van der Waals surface area contributed by atoms with Crippen LogP contribution in [0.5, 0.6) is 0 Å². The first-order chi connectivity index (χ1) is 18.0. The predicted molar refractivity (Wildman–Crippen MR) is 147 cm³/mol. The number of rotatable bonds is 6. The van der Waals surface area contributed by atoms with E-state index in [0.717, 1.165) is 30.5 Å². The normalized spacial score (nSPS) is 14.1. The lowest BCUT2D eigenvalue weighted by molar-refractivity contribution is 0.246. The lowest BCUT2D eigenvalue weighted by Crippen LogP contribution is -2.47. The van der Waals surface area contributed by atoms with Crippen molar-refractivity contribution < 1.29 is 4.79 Å². The van der Waals surface area contributed by atoms with Crippen LogP contribution in [0.2, 0.25) is 0 Å². The Hall–Kier alpha value is -4.20. The quantitative estimate of drug-likeness (QED) is 0.410. The Morgan fingerprint density at radius 1 is 1.00 bits per heavy atom. The van der Waals surface area contributed by atoms with Crippen molar-refractivity contribution in [2.45, 2.75) is 45.7 Å². The van der Waals surface area contributed by atoms with Crippen LogP contribution in [-0.4, -0.2) is 39.7 Å². The topological polar surface area (TPSA) is 92.2 Å². The number of hydrogen-bond acceptors (Lipinski definition) is 5. The van der Waals surface area contributed by atoms with Gasteiger partial charge in [-0.2, -0.15) is 0 Å². The number of pyridine rings is 1. The average Bonchev–Trinajstić information content (AvgIpc) is 2.92. The van der Waals surface area contributed by atoms with Crippen molar-refractivity contribution in [2.75, 3.05) is 23.3 Å². The SMILES string of the molecule is CCc1ccc(NC(=O)NC2CCN(c3nc4cccnc4n(Cc4ccc(C)cc4)c3=O)CC2)cc1. The van der Waals surface area contributed by atoms with Crippen molar-refractivity contribution in [3.8, 4) is 0 Å². The van der Waals surface area contributed by atoms with E-state index in [-0.39, 0.29) is 17.6 Å². The van der Waals surface area contributed by atoms with Gasteiger partial charge < -0.3 is 15.5 Å². The molecule has 8 heteroatoms. The van der Waals surface area contributed by atoms with Crippen LogP contribution in [0.4, 0.5) is 16.3 Å². The van der Waals surface area contributed by atoms with Crippen LogP contribution in [0.1, 0.15) is 36.5 Å². The van der Waals surface area contributed by atoms with E-state index in [9.17, 15) is 9.59 Å². The number of urea groups is 1. The number of piperidine rings is 1. The van der Waals surface area contributed by atoms with Crippen molar-refractivity contribution in [3.63, 3.8) is 0 Å². The highest BCUT2D eigenvalue weighted by molar-refractivity contribution is 5.89. The smallest absolute Gasteiger partial charge is 0.319 e. The van der Waals surface area contributed by atoms with Crippen molar-refractivity contribution in [1.29, 1.82) is 0 Å². The standard InChI is InChI=1S/C29H32N6O2/c1-3-21-10-12-23(13-11-21)31-29(37)32-24-14-17-34(18-15-24)27-28(36)35(19-22-8-6-20(2)7-9-22)26-25(33-27)5-4-16-30-26/h4-13,16,24H,3,14-15,17-19H2,1-2H3,(H2,31,32,37). The molecule has 2 N–H and O–H groups in total. The van der Waals surface area contributed by atoms with E-state index < -0.39 is 0 Å². The van der Waals surface area contributed by atoms with Gasteiger partial charge in [-0.15, -0.1) is 0 Å². The zero-order chi connectivity index (χ0) is 25.8. The van der Waals surface area contributed by atoms with E-state index >= 15 is 0 Å². The van der Waals surface area contributed by atoms with Gasteiger partial charge in [0.2, 0.25) is 0 Å². The number of hydrogen-bond donors (Lipinski definition) is 2. The molecule has 190 valence electrons. The molecule has 4 aromatic rings. The molecule has 3 heterocycles. The Kier molecular flexibility index (Phi) is 7.16. The van der Waals surface area contributed by atoms with Gasteiger partial charge in [-0.05, 0) is 61.6 Å². The summed E-state index contributed by atoms with van der Waals surface area (Å²) in [4.78, 5) is 37.3. The predicted octanol–water partition coefficient (Wildman–Crippen LogP) is 4.50. The molecule has 2 aromatic heterocycles. The third-order valence-corrected chi connectivity index (χ3v) is 6.90. The molecule has 37 heavy (non-hydrogen) atoms. The van der Waals surface area contributed by atoms with Gasteiger partial charge in [-0.25, -0.2) is 14.8 Å². The number of carbonyl (C=O) groups excluding carboxylic acids is 1. The van der Waals surface area contributed by atoms with Crippen LogP contribution in [0.15, 0.2) is 71.7 Å². The maximum Gasteiger partial charge on any atom is 0.319 e. The van der Waals surface area contributed by atoms with Crippen LogP contribution in [-0.2, 0) is 13.0 Å². The van der Waals surface area contributed by atoms with Gasteiger partial charge in [0.15, 0.2) is 11.5 Å². The number of nitrogens with zero attached hydrogens (tertiary/aromatic N) is 4. The van der Waals surface area contributed by atoms with Gasteiger partial charge in [0.05, 0.1) is 6.54 Å². The summed E-state index contributed by atoms with van der Waals surface area (Å²) in [5, 5.41) is 5.98. The molecule has 0 aliphatic carbocycles. The fourth-order valence-corrected chi connectivity index (χ4v) is 4.70. The molecule has 5 rings (SSSR count). The van der Waals surface area contributed by atoms with Crippen molar-refractivity contribution in [1.82, 2.24) is 19.9 Å². The fraction of sp³-hybridized carbons (Fsp3) is 0.310. The highest BCUT2D eigenvalue weighted by Crippen LogP contribution is 2.19. The number of benzene rings is 2. The molecule has 0 spiro atoms. The maximum atomic E-state index is 13.6. The van der Waals surface area contributed by atoms with Crippen molar-refractivity contribution in [2.24, 2.45) is 0 Å². The lowest BCUT2D eigenvalue weighted by atomic mass is 10.1. The first-order valence-corrected chi connectivity index (χ1v) is 12.8. The summed E-state index contributed by atoms with van der Waals surface area (Å²) in [5.74, 6) is 0.437. The summed E-state index contributed by atoms with van der Waals surface area (Å²) in [7, 11) is 0. The Bertz CT molecular complexity index is 1440. The van der Waals surface area contributed by atoms with E-state index in [2.05, 4.69) is 22.5 Å². The molecule has 0 radical (unpaired) electrons. The van der Waals surface area contributed by atoms with Crippen molar-refractivity contribution >= 4 is 28.7 Å². The second-order valence-electron chi connectivity index (χ2n) is 9.57. The molecule has 1 aliphatic heterocycles. The minimum atomic E-state index is -0.210. The third-order valence-electron chi connectivity index (χ3n) is 6.90. The lowest BCUT2D eigenvalue weighted by Gasteiger charge is -2.33. The first kappa shape index (κ1) is 24.5. The average molecular weight is 497 g/mol. The van der Waals surface area contributed by atoms with E-state index in [1.807, 2.05) is 72.5 Å². The number of aryl methyl sites for hydroxylation is 2. The van der Waals surface area contributed by atoms with Crippen LogP contribution in [0.3, 0.4) is 0 Å².